The molecule has 1 fully saturated rings. The molecule has 0 aromatic rings. The molecule has 0 radical (unpaired) electrons. The first-order valence-electron chi connectivity index (χ1n) is 5.51. The zero-order chi connectivity index (χ0) is 12.9. The van der Waals surface area contributed by atoms with Crippen LogP contribution < -0.4 is 5.32 Å². The third kappa shape index (κ3) is 6.42. The lowest BCUT2D eigenvalue weighted by molar-refractivity contribution is -0.178. The fourth-order valence-corrected chi connectivity index (χ4v) is 1.75. The molecule has 1 amide bonds. The Labute approximate surface area is 110 Å². The zero-order valence-corrected chi connectivity index (χ0v) is 10.9. The number of carbonyl (C=O) groups excluding carboxylic acids is 1. The van der Waals surface area contributed by atoms with Crippen LogP contribution in [0.25, 0.3) is 0 Å². The first-order valence-corrected chi connectivity index (χ1v) is 5.51. The van der Waals surface area contributed by atoms with E-state index in [-0.39, 0.29) is 18.4 Å². The number of piperidine rings is 1. The Morgan fingerprint density at radius 2 is 1.94 bits per heavy atom. The molecule has 0 atom stereocenters. The minimum absolute atomic E-state index is 0. The molecule has 108 valence electrons. The molecular weight excluding hydrogens is 273 g/mol. The van der Waals surface area contributed by atoms with Crippen molar-refractivity contribution in [1.29, 1.82) is 0 Å². The third-order valence-electron chi connectivity index (χ3n) is 2.74. The van der Waals surface area contributed by atoms with E-state index in [1.807, 2.05) is 0 Å². The Balaban J connectivity index is 0.00000289. The SMILES string of the molecule is CN(C(=O)COCC(F)(F)F)C1CCNCC1.Cl. The summed E-state index contributed by atoms with van der Waals surface area (Å²) < 4.78 is 39.8. The largest absolute Gasteiger partial charge is 0.411 e. The topological polar surface area (TPSA) is 41.6 Å². The monoisotopic (exact) mass is 290 g/mol. The van der Waals surface area contributed by atoms with Crippen molar-refractivity contribution >= 4 is 18.3 Å². The summed E-state index contributed by atoms with van der Waals surface area (Å²) in [5.74, 6) is -0.402. The number of hydrogen-bond acceptors (Lipinski definition) is 3. The summed E-state index contributed by atoms with van der Waals surface area (Å²) in [4.78, 5) is 13.0. The summed E-state index contributed by atoms with van der Waals surface area (Å²) in [6.07, 6.45) is -2.74. The second-order valence-electron chi connectivity index (χ2n) is 4.09. The molecule has 18 heavy (non-hydrogen) atoms. The quantitative estimate of drug-likeness (QED) is 0.846. The van der Waals surface area contributed by atoms with Crippen molar-refractivity contribution in [3.8, 4) is 0 Å². The van der Waals surface area contributed by atoms with Gasteiger partial charge in [-0.2, -0.15) is 13.2 Å². The molecule has 1 saturated heterocycles. The van der Waals surface area contributed by atoms with Crippen LogP contribution in [0.1, 0.15) is 12.8 Å². The Morgan fingerprint density at radius 1 is 1.39 bits per heavy atom. The van der Waals surface area contributed by atoms with E-state index < -0.39 is 25.3 Å². The summed E-state index contributed by atoms with van der Waals surface area (Å²) in [5.41, 5.74) is 0. The predicted molar refractivity (Wildman–Crippen MR) is 62.8 cm³/mol. The maximum absolute atomic E-state index is 11.8. The van der Waals surface area contributed by atoms with Gasteiger partial charge in [-0.15, -0.1) is 12.4 Å². The van der Waals surface area contributed by atoms with Gasteiger partial charge in [0.2, 0.25) is 5.91 Å². The Hall–Kier alpha value is -0.530. The first-order chi connectivity index (χ1) is 7.90. The van der Waals surface area contributed by atoms with Crippen LogP contribution >= 0.6 is 12.4 Å². The molecule has 0 saturated carbocycles. The maximum Gasteiger partial charge on any atom is 0.411 e. The van der Waals surface area contributed by atoms with Crippen molar-refractivity contribution in [3.63, 3.8) is 0 Å². The third-order valence-corrected chi connectivity index (χ3v) is 2.74. The zero-order valence-electron chi connectivity index (χ0n) is 10.1. The van der Waals surface area contributed by atoms with E-state index in [0.29, 0.717) is 0 Å². The van der Waals surface area contributed by atoms with Crippen molar-refractivity contribution in [2.45, 2.75) is 25.1 Å². The Bertz CT molecular complexity index is 258. The Morgan fingerprint density at radius 3 is 2.44 bits per heavy atom. The minimum atomic E-state index is -4.38. The van der Waals surface area contributed by atoms with Gasteiger partial charge in [0.1, 0.15) is 13.2 Å². The summed E-state index contributed by atoms with van der Waals surface area (Å²) in [5, 5.41) is 3.15. The predicted octanol–water partition coefficient (Wildman–Crippen LogP) is 1.20. The van der Waals surface area contributed by atoms with E-state index in [1.54, 1.807) is 7.05 Å². The van der Waals surface area contributed by atoms with Gasteiger partial charge in [-0.1, -0.05) is 0 Å². The van der Waals surface area contributed by atoms with Gasteiger partial charge < -0.3 is 15.0 Å². The number of nitrogens with one attached hydrogen (secondary N) is 1. The molecular formula is C10H18ClF3N2O2. The van der Waals surface area contributed by atoms with Crippen LogP contribution in [-0.2, 0) is 9.53 Å². The van der Waals surface area contributed by atoms with Crippen molar-refractivity contribution in [2.75, 3.05) is 33.4 Å². The van der Waals surface area contributed by atoms with Gasteiger partial charge in [0.15, 0.2) is 0 Å². The number of ether oxygens (including phenoxy) is 1. The number of hydrogen-bond donors (Lipinski definition) is 1. The second kappa shape index (κ2) is 7.81. The number of amides is 1. The van der Waals surface area contributed by atoms with E-state index in [9.17, 15) is 18.0 Å². The van der Waals surface area contributed by atoms with Crippen LogP contribution in [0.5, 0.6) is 0 Å². The van der Waals surface area contributed by atoms with E-state index in [4.69, 9.17) is 0 Å². The van der Waals surface area contributed by atoms with E-state index >= 15 is 0 Å². The molecule has 1 N–H and O–H groups in total. The molecule has 0 aromatic heterocycles. The van der Waals surface area contributed by atoms with Crippen LogP contribution in [0.2, 0.25) is 0 Å². The molecule has 1 aliphatic rings. The lowest BCUT2D eigenvalue weighted by Crippen LogP contribution is -2.45. The van der Waals surface area contributed by atoms with Gasteiger partial charge in [-0.05, 0) is 25.9 Å². The normalized spacial score (nSPS) is 17.1. The van der Waals surface area contributed by atoms with Gasteiger partial charge in [0.05, 0.1) is 0 Å². The number of carbonyl (C=O) groups is 1. The summed E-state index contributed by atoms with van der Waals surface area (Å²) >= 11 is 0. The molecule has 1 aliphatic heterocycles. The number of halogens is 4. The average molecular weight is 291 g/mol. The van der Waals surface area contributed by atoms with Crippen LogP contribution in [-0.4, -0.2) is 56.4 Å². The number of likely N-dealkylation sites (N-methyl/N-ethyl adjacent to an activating group) is 1. The lowest BCUT2D eigenvalue weighted by Gasteiger charge is -2.31. The van der Waals surface area contributed by atoms with E-state index in [2.05, 4.69) is 10.1 Å². The molecule has 1 heterocycles. The summed E-state index contributed by atoms with van der Waals surface area (Å²) in [6, 6.07) is 0.0956. The molecule has 4 nitrogen and oxygen atoms in total. The fourth-order valence-electron chi connectivity index (χ4n) is 1.75. The van der Waals surface area contributed by atoms with Crippen molar-refractivity contribution in [2.24, 2.45) is 0 Å². The minimum Gasteiger partial charge on any atom is -0.362 e. The summed E-state index contributed by atoms with van der Waals surface area (Å²) in [7, 11) is 1.61. The maximum atomic E-state index is 11.8. The molecule has 1 rings (SSSR count). The van der Waals surface area contributed by atoms with Crippen molar-refractivity contribution in [1.82, 2.24) is 10.2 Å². The highest BCUT2D eigenvalue weighted by molar-refractivity contribution is 5.85. The Kier molecular flexibility index (Phi) is 7.58. The van der Waals surface area contributed by atoms with Crippen molar-refractivity contribution in [3.05, 3.63) is 0 Å². The highest BCUT2D eigenvalue weighted by Gasteiger charge is 2.28. The van der Waals surface area contributed by atoms with Gasteiger partial charge in [0, 0.05) is 13.1 Å². The van der Waals surface area contributed by atoms with E-state index in [0.717, 1.165) is 25.9 Å². The number of rotatable bonds is 4. The molecule has 0 aliphatic carbocycles. The van der Waals surface area contributed by atoms with E-state index in [1.165, 1.54) is 4.90 Å². The molecule has 0 unspecified atom stereocenters. The van der Waals surface area contributed by atoms with Gasteiger partial charge in [-0.3, -0.25) is 4.79 Å². The first kappa shape index (κ1) is 17.5. The van der Waals surface area contributed by atoms with Gasteiger partial charge in [0.25, 0.3) is 0 Å². The highest BCUT2D eigenvalue weighted by Crippen LogP contribution is 2.15. The van der Waals surface area contributed by atoms with Crippen LogP contribution in [0, 0.1) is 0 Å². The second-order valence-corrected chi connectivity index (χ2v) is 4.09. The van der Waals surface area contributed by atoms with Crippen LogP contribution in [0.15, 0.2) is 0 Å². The average Bonchev–Trinajstić information content (AvgIpc) is 2.27. The molecule has 0 bridgehead atoms. The van der Waals surface area contributed by atoms with Crippen LogP contribution in [0.4, 0.5) is 13.2 Å². The van der Waals surface area contributed by atoms with Gasteiger partial charge in [-0.25, -0.2) is 0 Å². The molecule has 0 aromatic carbocycles. The smallest absolute Gasteiger partial charge is 0.362 e. The standard InChI is InChI=1S/C10H17F3N2O2.ClH/c1-15(8-2-4-14-5-3-8)9(16)6-17-7-10(11,12)13;/h8,14H,2-7H2,1H3;1H. The molecule has 8 heteroatoms. The fraction of sp³-hybridized carbons (Fsp3) is 0.900. The van der Waals surface area contributed by atoms with Crippen molar-refractivity contribution < 1.29 is 22.7 Å². The highest BCUT2D eigenvalue weighted by atomic mass is 35.5. The lowest BCUT2D eigenvalue weighted by atomic mass is 10.1. The number of alkyl halides is 3. The summed E-state index contributed by atoms with van der Waals surface area (Å²) in [6.45, 7) is -0.240. The number of nitrogens with zero attached hydrogens (tertiary/aromatic N) is 1. The molecule has 0 spiro atoms. The van der Waals surface area contributed by atoms with Gasteiger partial charge >= 0.3 is 6.18 Å². The van der Waals surface area contributed by atoms with Crippen LogP contribution in [0.3, 0.4) is 0 Å².